The Kier molecular flexibility index (Phi) is 4.50. The standard InChI is InChI=1S/C17H11ClFNO2S/c18-13-5-1-11(2-6-13)9-15-16(21)20(17(22)23-15)10-12-3-7-14(19)8-4-12/h1-9H,10H2/b15-9+. The van der Waals surface area contributed by atoms with E-state index < -0.39 is 0 Å². The fourth-order valence-corrected chi connectivity index (χ4v) is 3.08. The largest absolute Gasteiger partial charge is 0.293 e. The maximum absolute atomic E-state index is 12.9. The van der Waals surface area contributed by atoms with Crippen LogP contribution >= 0.6 is 23.4 Å². The zero-order valence-corrected chi connectivity index (χ0v) is 13.4. The monoisotopic (exact) mass is 347 g/mol. The number of thioether (sulfide) groups is 1. The lowest BCUT2D eigenvalue weighted by Gasteiger charge is -2.12. The molecule has 1 fully saturated rings. The summed E-state index contributed by atoms with van der Waals surface area (Å²) in [6.07, 6.45) is 1.66. The van der Waals surface area contributed by atoms with Crippen molar-refractivity contribution in [3.63, 3.8) is 0 Å². The molecule has 0 aliphatic carbocycles. The number of carbonyl (C=O) groups is 2. The molecule has 6 heteroatoms. The van der Waals surface area contributed by atoms with Gasteiger partial charge in [-0.1, -0.05) is 35.9 Å². The molecule has 0 saturated carbocycles. The molecule has 1 heterocycles. The molecule has 0 bridgehead atoms. The summed E-state index contributed by atoms with van der Waals surface area (Å²) >= 11 is 6.72. The number of benzene rings is 2. The lowest BCUT2D eigenvalue weighted by molar-refractivity contribution is -0.123. The molecule has 1 saturated heterocycles. The van der Waals surface area contributed by atoms with Crippen molar-refractivity contribution in [1.82, 2.24) is 4.90 Å². The Balaban J connectivity index is 1.79. The Labute approximate surface area is 141 Å². The van der Waals surface area contributed by atoms with Gasteiger partial charge >= 0.3 is 0 Å². The topological polar surface area (TPSA) is 37.4 Å². The SMILES string of the molecule is O=C1S/C(=C/c2ccc(Cl)cc2)C(=O)N1Cc1ccc(F)cc1. The van der Waals surface area contributed by atoms with E-state index in [1.54, 1.807) is 42.5 Å². The summed E-state index contributed by atoms with van der Waals surface area (Å²) in [5.74, 6) is -0.704. The van der Waals surface area contributed by atoms with E-state index in [0.717, 1.165) is 22.2 Å². The Morgan fingerprint density at radius 1 is 1.04 bits per heavy atom. The first-order valence-electron chi connectivity index (χ1n) is 6.78. The van der Waals surface area contributed by atoms with E-state index >= 15 is 0 Å². The van der Waals surface area contributed by atoms with Gasteiger partial charge in [0.05, 0.1) is 11.4 Å². The van der Waals surface area contributed by atoms with E-state index in [-0.39, 0.29) is 23.5 Å². The highest BCUT2D eigenvalue weighted by Gasteiger charge is 2.34. The van der Waals surface area contributed by atoms with Gasteiger partial charge in [-0.3, -0.25) is 14.5 Å². The van der Waals surface area contributed by atoms with Gasteiger partial charge in [-0.15, -0.1) is 0 Å². The molecule has 0 unspecified atom stereocenters. The number of imide groups is 1. The molecule has 0 N–H and O–H groups in total. The van der Waals surface area contributed by atoms with Gasteiger partial charge in [0.15, 0.2) is 0 Å². The number of rotatable bonds is 3. The predicted octanol–water partition coefficient (Wildman–Crippen LogP) is 4.72. The Morgan fingerprint density at radius 2 is 1.70 bits per heavy atom. The summed E-state index contributed by atoms with van der Waals surface area (Å²) in [6, 6.07) is 12.7. The van der Waals surface area contributed by atoms with Crippen LogP contribution in [0.15, 0.2) is 53.4 Å². The van der Waals surface area contributed by atoms with Gasteiger partial charge in [0.1, 0.15) is 5.82 Å². The van der Waals surface area contributed by atoms with Crippen LogP contribution in [0.25, 0.3) is 6.08 Å². The van der Waals surface area contributed by atoms with Gasteiger partial charge in [0.2, 0.25) is 0 Å². The van der Waals surface area contributed by atoms with Crippen molar-refractivity contribution >= 4 is 40.6 Å². The second kappa shape index (κ2) is 6.56. The molecule has 3 rings (SSSR count). The summed E-state index contributed by atoms with van der Waals surface area (Å²) < 4.78 is 12.9. The molecule has 2 aromatic carbocycles. The third-order valence-corrected chi connectivity index (χ3v) is 4.45. The Bertz CT molecular complexity index is 787. The predicted molar refractivity (Wildman–Crippen MR) is 89.4 cm³/mol. The molecule has 0 radical (unpaired) electrons. The zero-order valence-electron chi connectivity index (χ0n) is 11.8. The molecule has 3 nitrogen and oxygen atoms in total. The molecule has 116 valence electrons. The van der Waals surface area contributed by atoms with Crippen molar-refractivity contribution in [3.8, 4) is 0 Å². The van der Waals surface area contributed by atoms with E-state index in [2.05, 4.69) is 0 Å². The smallest absolute Gasteiger partial charge is 0.268 e. The van der Waals surface area contributed by atoms with E-state index in [4.69, 9.17) is 11.6 Å². The van der Waals surface area contributed by atoms with Gasteiger partial charge in [-0.25, -0.2) is 4.39 Å². The summed E-state index contributed by atoms with van der Waals surface area (Å²) in [6.45, 7) is 0.128. The number of carbonyl (C=O) groups excluding carboxylic acids is 2. The van der Waals surface area contributed by atoms with Crippen molar-refractivity contribution < 1.29 is 14.0 Å². The average Bonchev–Trinajstić information content (AvgIpc) is 2.79. The van der Waals surface area contributed by atoms with Gasteiger partial charge in [-0.05, 0) is 53.2 Å². The first-order chi connectivity index (χ1) is 11.0. The minimum Gasteiger partial charge on any atom is -0.268 e. The molecule has 1 aliphatic heterocycles. The highest BCUT2D eigenvalue weighted by Crippen LogP contribution is 2.33. The van der Waals surface area contributed by atoms with Crippen molar-refractivity contribution in [3.05, 3.63) is 75.4 Å². The number of hydrogen-bond acceptors (Lipinski definition) is 3. The molecular formula is C17H11ClFNO2S. The number of amides is 2. The van der Waals surface area contributed by atoms with Crippen LogP contribution in [0.1, 0.15) is 11.1 Å². The fourth-order valence-electron chi connectivity index (χ4n) is 2.12. The van der Waals surface area contributed by atoms with E-state index in [1.165, 1.54) is 12.1 Å². The summed E-state index contributed by atoms with van der Waals surface area (Å²) in [5, 5.41) is 0.270. The maximum atomic E-state index is 12.9. The minimum absolute atomic E-state index is 0.128. The van der Waals surface area contributed by atoms with Crippen LogP contribution in [0.4, 0.5) is 9.18 Å². The molecule has 23 heavy (non-hydrogen) atoms. The normalized spacial score (nSPS) is 16.4. The van der Waals surface area contributed by atoms with Crippen LogP contribution in [-0.2, 0) is 11.3 Å². The van der Waals surface area contributed by atoms with E-state index in [9.17, 15) is 14.0 Å². The quantitative estimate of drug-likeness (QED) is 0.754. The van der Waals surface area contributed by atoms with Gasteiger partial charge in [0, 0.05) is 5.02 Å². The van der Waals surface area contributed by atoms with Crippen LogP contribution in [-0.4, -0.2) is 16.0 Å². The zero-order chi connectivity index (χ0) is 16.4. The summed E-state index contributed by atoms with van der Waals surface area (Å²) in [4.78, 5) is 25.9. The third-order valence-electron chi connectivity index (χ3n) is 3.30. The van der Waals surface area contributed by atoms with Crippen molar-refractivity contribution in [2.45, 2.75) is 6.54 Å². The molecule has 0 spiro atoms. The first kappa shape index (κ1) is 15.8. The van der Waals surface area contributed by atoms with Gasteiger partial charge in [0.25, 0.3) is 11.1 Å². The second-order valence-electron chi connectivity index (χ2n) is 4.95. The fraction of sp³-hybridized carbons (Fsp3) is 0.0588. The highest BCUT2D eigenvalue weighted by atomic mass is 35.5. The Morgan fingerprint density at radius 3 is 2.35 bits per heavy atom. The van der Waals surface area contributed by atoms with Crippen LogP contribution in [0.2, 0.25) is 5.02 Å². The number of halogens is 2. The number of hydrogen-bond donors (Lipinski definition) is 0. The lowest BCUT2D eigenvalue weighted by Crippen LogP contribution is -2.27. The second-order valence-corrected chi connectivity index (χ2v) is 6.38. The lowest BCUT2D eigenvalue weighted by atomic mass is 10.2. The van der Waals surface area contributed by atoms with Crippen LogP contribution in [0, 0.1) is 5.82 Å². The first-order valence-corrected chi connectivity index (χ1v) is 7.98. The van der Waals surface area contributed by atoms with Crippen molar-refractivity contribution in [1.29, 1.82) is 0 Å². The van der Waals surface area contributed by atoms with Gasteiger partial charge in [-0.2, -0.15) is 0 Å². The molecular weight excluding hydrogens is 337 g/mol. The van der Waals surface area contributed by atoms with Crippen molar-refractivity contribution in [2.24, 2.45) is 0 Å². The Hall–Kier alpha value is -2.11. The highest BCUT2D eigenvalue weighted by molar-refractivity contribution is 8.18. The van der Waals surface area contributed by atoms with Crippen LogP contribution in [0.3, 0.4) is 0 Å². The third kappa shape index (κ3) is 3.63. The summed E-state index contributed by atoms with van der Waals surface area (Å²) in [5.41, 5.74) is 1.49. The van der Waals surface area contributed by atoms with E-state index in [0.29, 0.717) is 15.5 Å². The molecule has 1 aliphatic rings. The maximum Gasteiger partial charge on any atom is 0.293 e. The van der Waals surface area contributed by atoms with E-state index in [1.807, 2.05) is 0 Å². The molecule has 0 aromatic heterocycles. The summed E-state index contributed by atoms with van der Waals surface area (Å²) in [7, 11) is 0. The molecule has 0 atom stereocenters. The number of nitrogens with zero attached hydrogens (tertiary/aromatic N) is 1. The average molecular weight is 348 g/mol. The van der Waals surface area contributed by atoms with Crippen LogP contribution in [0.5, 0.6) is 0 Å². The van der Waals surface area contributed by atoms with Crippen LogP contribution < -0.4 is 0 Å². The van der Waals surface area contributed by atoms with Crippen molar-refractivity contribution in [2.75, 3.05) is 0 Å². The van der Waals surface area contributed by atoms with Gasteiger partial charge < -0.3 is 0 Å². The minimum atomic E-state index is -0.356. The molecule has 2 aromatic rings. The molecule has 2 amide bonds.